The molecule has 1 N–H and O–H groups in total. The van der Waals surface area contributed by atoms with Gasteiger partial charge >= 0.3 is 0 Å². The highest BCUT2D eigenvalue weighted by molar-refractivity contribution is 6.46. The zero-order valence-electron chi connectivity index (χ0n) is 16.9. The lowest BCUT2D eigenvalue weighted by molar-refractivity contribution is -0.120. The molecule has 4 rings (SSSR count). The number of rotatable bonds is 6. The number of nitrogens with one attached hydrogen (secondary N) is 1. The summed E-state index contributed by atoms with van der Waals surface area (Å²) in [5, 5.41) is 3.05. The van der Waals surface area contributed by atoms with E-state index >= 15 is 0 Å². The molecule has 0 unspecified atom stereocenters. The van der Waals surface area contributed by atoms with E-state index in [1.807, 2.05) is 6.07 Å². The van der Waals surface area contributed by atoms with E-state index in [1.165, 1.54) is 32.4 Å². The molecule has 6 nitrogen and oxygen atoms in total. The van der Waals surface area contributed by atoms with Gasteiger partial charge in [0.15, 0.2) is 0 Å². The second-order valence-corrected chi connectivity index (χ2v) is 6.73. The largest absolute Gasteiger partial charge is 0.497 e. The van der Waals surface area contributed by atoms with Crippen molar-refractivity contribution in [2.75, 3.05) is 24.4 Å². The quantitative estimate of drug-likeness (QED) is 0.607. The van der Waals surface area contributed by atoms with E-state index in [9.17, 15) is 14.0 Å². The van der Waals surface area contributed by atoms with Crippen LogP contribution in [0, 0.1) is 5.82 Å². The zero-order valence-corrected chi connectivity index (χ0v) is 16.9. The zero-order chi connectivity index (χ0) is 22.0. The van der Waals surface area contributed by atoms with Gasteiger partial charge in [0.2, 0.25) is 0 Å². The molecule has 0 spiro atoms. The topological polar surface area (TPSA) is 67.9 Å². The van der Waals surface area contributed by atoms with Crippen molar-refractivity contribution >= 4 is 28.8 Å². The van der Waals surface area contributed by atoms with Gasteiger partial charge in [-0.15, -0.1) is 0 Å². The first kappa shape index (κ1) is 20.2. The molecule has 156 valence electrons. The van der Waals surface area contributed by atoms with Gasteiger partial charge in [-0.1, -0.05) is 36.4 Å². The number of carbonyl (C=O) groups excluding carboxylic acids is 2. The lowest BCUT2D eigenvalue weighted by Crippen LogP contribution is -2.32. The minimum absolute atomic E-state index is 0.0731. The van der Waals surface area contributed by atoms with Crippen molar-refractivity contribution in [2.45, 2.75) is 0 Å². The summed E-state index contributed by atoms with van der Waals surface area (Å²) in [7, 11) is 3.03. The van der Waals surface area contributed by atoms with Crippen LogP contribution in [0.25, 0.3) is 5.57 Å². The molecule has 0 bridgehead atoms. The van der Waals surface area contributed by atoms with Crippen LogP contribution in [-0.4, -0.2) is 26.0 Å². The summed E-state index contributed by atoms with van der Waals surface area (Å²) in [5.74, 6) is -0.666. The van der Waals surface area contributed by atoms with Gasteiger partial charge in [-0.3, -0.25) is 9.59 Å². The minimum Gasteiger partial charge on any atom is -0.497 e. The highest BCUT2D eigenvalue weighted by Crippen LogP contribution is 2.36. The maximum atomic E-state index is 13.8. The lowest BCUT2D eigenvalue weighted by Gasteiger charge is -2.16. The SMILES string of the molecule is COc1ccc(NC2=C(c3ccccc3)C(=O)N(c3cccc(F)c3)C2=O)c(OC)c1. The Hall–Kier alpha value is -4.13. The molecule has 0 radical (unpaired) electrons. The van der Waals surface area contributed by atoms with Crippen LogP contribution < -0.4 is 19.7 Å². The van der Waals surface area contributed by atoms with E-state index in [0.29, 0.717) is 22.7 Å². The van der Waals surface area contributed by atoms with Crippen molar-refractivity contribution in [3.63, 3.8) is 0 Å². The first-order valence-corrected chi connectivity index (χ1v) is 9.46. The summed E-state index contributed by atoms with van der Waals surface area (Å²) in [5.41, 5.74) is 1.46. The fourth-order valence-electron chi connectivity index (χ4n) is 3.40. The Morgan fingerprint density at radius 2 is 1.61 bits per heavy atom. The molecule has 0 saturated carbocycles. The van der Waals surface area contributed by atoms with Crippen LogP contribution in [0.4, 0.5) is 15.8 Å². The molecule has 0 fully saturated rings. The molecule has 0 saturated heterocycles. The third-order valence-corrected chi connectivity index (χ3v) is 4.88. The number of methoxy groups -OCH3 is 2. The number of imide groups is 1. The average Bonchev–Trinajstić information content (AvgIpc) is 3.03. The van der Waals surface area contributed by atoms with Gasteiger partial charge in [-0.05, 0) is 35.9 Å². The summed E-state index contributed by atoms with van der Waals surface area (Å²) >= 11 is 0. The standard InChI is InChI=1S/C24H19FN2O4/c1-30-18-11-12-19(20(14-18)31-2)26-22-21(15-7-4-3-5-8-15)23(28)27(24(22)29)17-10-6-9-16(25)13-17/h3-14,26H,1-2H3. The van der Waals surface area contributed by atoms with Crippen molar-refractivity contribution in [1.82, 2.24) is 0 Å². The molecule has 7 heteroatoms. The molecule has 0 aliphatic carbocycles. The molecule has 0 aromatic heterocycles. The van der Waals surface area contributed by atoms with Gasteiger partial charge in [-0.2, -0.15) is 0 Å². The number of benzene rings is 3. The Morgan fingerprint density at radius 3 is 2.29 bits per heavy atom. The van der Waals surface area contributed by atoms with E-state index < -0.39 is 17.6 Å². The third kappa shape index (κ3) is 3.73. The lowest BCUT2D eigenvalue weighted by atomic mass is 10.0. The van der Waals surface area contributed by atoms with Gasteiger partial charge in [0.25, 0.3) is 11.8 Å². The second kappa shape index (κ2) is 8.31. The molecule has 1 aliphatic heterocycles. The van der Waals surface area contributed by atoms with Gasteiger partial charge < -0.3 is 14.8 Å². The number of anilines is 2. The minimum atomic E-state index is -0.590. The summed E-state index contributed by atoms with van der Waals surface area (Å²) in [6.45, 7) is 0. The summed E-state index contributed by atoms with van der Waals surface area (Å²) < 4.78 is 24.4. The fraction of sp³-hybridized carbons (Fsp3) is 0.0833. The molecule has 2 amide bonds. The predicted molar refractivity (Wildman–Crippen MR) is 115 cm³/mol. The number of hydrogen-bond acceptors (Lipinski definition) is 5. The van der Waals surface area contributed by atoms with Gasteiger partial charge in [0.05, 0.1) is 31.2 Å². The third-order valence-electron chi connectivity index (χ3n) is 4.88. The molecule has 0 atom stereocenters. The number of amides is 2. The highest BCUT2D eigenvalue weighted by atomic mass is 19.1. The van der Waals surface area contributed by atoms with Gasteiger partial charge in [0.1, 0.15) is 23.0 Å². The van der Waals surface area contributed by atoms with E-state index in [-0.39, 0.29) is 17.0 Å². The summed E-state index contributed by atoms with van der Waals surface area (Å²) in [4.78, 5) is 27.6. The van der Waals surface area contributed by atoms with Gasteiger partial charge in [0, 0.05) is 6.07 Å². The number of hydrogen-bond donors (Lipinski definition) is 1. The van der Waals surface area contributed by atoms with Crippen molar-refractivity contribution in [1.29, 1.82) is 0 Å². The maximum absolute atomic E-state index is 13.8. The predicted octanol–water partition coefficient (Wildman–Crippen LogP) is 4.24. The first-order valence-electron chi connectivity index (χ1n) is 9.46. The van der Waals surface area contributed by atoms with Gasteiger partial charge in [-0.25, -0.2) is 9.29 Å². The monoisotopic (exact) mass is 418 g/mol. The Labute approximate surface area is 178 Å². The fourth-order valence-corrected chi connectivity index (χ4v) is 3.40. The van der Waals surface area contributed by atoms with E-state index in [2.05, 4.69) is 5.32 Å². The van der Waals surface area contributed by atoms with Crippen LogP contribution in [0.5, 0.6) is 11.5 Å². The number of carbonyl (C=O) groups is 2. The smallest absolute Gasteiger partial charge is 0.282 e. The second-order valence-electron chi connectivity index (χ2n) is 6.73. The Kier molecular flexibility index (Phi) is 5.41. The molecule has 1 heterocycles. The van der Waals surface area contributed by atoms with Crippen LogP contribution in [-0.2, 0) is 9.59 Å². The van der Waals surface area contributed by atoms with Crippen LogP contribution in [0.3, 0.4) is 0 Å². The van der Waals surface area contributed by atoms with Crippen LogP contribution in [0.2, 0.25) is 0 Å². The van der Waals surface area contributed by atoms with Crippen LogP contribution in [0.15, 0.2) is 78.5 Å². The van der Waals surface area contributed by atoms with Crippen molar-refractivity contribution in [3.8, 4) is 11.5 Å². The summed E-state index contributed by atoms with van der Waals surface area (Å²) in [6.07, 6.45) is 0. The Bertz CT molecular complexity index is 1190. The maximum Gasteiger partial charge on any atom is 0.282 e. The molecule has 3 aromatic rings. The van der Waals surface area contributed by atoms with Crippen molar-refractivity contribution in [3.05, 3.63) is 89.9 Å². The Morgan fingerprint density at radius 1 is 0.839 bits per heavy atom. The van der Waals surface area contributed by atoms with E-state index in [0.717, 1.165) is 11.0 Å². The van der Waals surface area contributed by atoms with Crippen LogP contribution in [0.1, 0.15) is 5.56 Å². The molecular formula is C24H19FN2O4. The first-order chi connectivity index (χ1) is 15.0. The highest BCUT2D eigenvalue weighted by Gasteiger charge is 2.40. The normalized spacial score (nSPS) is 13.6. The molecule has 3 aromatic carbocycles. The Balaban J connectivity index is 1.83. The molecule has 31 heavy (non-hydrogen) atoms. The number of halogens is 1. The molecular weight excluding hydrogens is 399 g/mol. The van der Waals surface area contributed by atoms with E-state index in [4.69, 9.17) is 9.47 Å². The number of ether oxygens (including phenoxy) is 2. The number of nitrogens with zero attached hydrogens (tertiary/aromatic N) is 1. The molecule has 1 aliphatic rings. The van der Waals surface area contributed by atoms with Crippen molar-refractivity contribution in [2.24, 2.45) is 0 Å². The summed E-state index contributed by atoms with van der Waals surface area (Å²) in [6, 6.07) is 19.3. The van der Waals surface area contributed by atoms with Crippen LogP contribution >= 0.6 is 0 Å². The van der Waals surface area contributed by atoms with Crippen molar-refractivity contribution < 1.29 is 23.5 Å². The average molecular weight is 418 g/mol. The van der Waals surface area contributed by atoms with E-state index in [1.54, 1.807) is 42.5 Å².